The van der Waals surface area contributed by atoms with Crippen LogP contribution in [0.25, 0.3) is 0 Å². The molecule has 0 heterocycles. The summed E-state index contributed by atoms with van der Waals surface area (Å²) in [7, 11) is 1.36. The number of carbonyl (C=O) groups is 3. The van der Waals surface area contributed by atoms with Crippen LogP contribution in [-0.2, 0) is 20.7 Å². The van der Waals surface area contributed by atoms with Crippen molar-refractivity contribution in [3.8, 4) is 5.75 Å². The van der Waals surface area contributed by atoms with Crippen LogP contribution in [0.1, 0.15) is 72.9 Å². The van der Waals surface area contributed by atoms with Gasteiger partial charge >= 0.3 is 5.97 Å². The van der Waals surface area contributed by atoms with E-state index in [0.29, 0.717) is 48.3 Å². The number of esters is 1. The van der Waals surface area contributed by atoms with Crippen LogP contribution in [0.15, 0.2) is 78.9 Å². The lowest BCUT2D eigenvalue weighted by Crippen LogP contribution is -2.47. The van der Waals surface area contributed by atoms with Crippen molar-refractivity contribution in [2.45, 2.75) is 69.9 Å². The predicted molar refractivity (Wildman–Crippen MR) is 167 cm³/mol. The van der Waals surface area contributed by atoms with Gasteiger partial charge in [-0.15, -0.1) is 0 Å². The zero-order valence-electron chi connectivity index (χ0n) is 25.0. The Balaban J connectivity index is 1.20. The first-order valence-electron chi connectivity index (χ1n) is 15.6. The van der Waals surface area contributed by atoms with E-state index in [1.165, 1.54) is 26.4 Å². The Kier molecular flexibility index (Phi) is 10.5. The lowest BCUT2D eigenvalue weighted by molar-refractivity contribution is -0.142. The quantitative estimate of drug-likeness (QED) is 0.184. The van der Waals surface area contributed by atoms with Crippen molar-refractivity contribution in [2.75, 3.05) is 25.6 Å². The van der Waals surface area contributed by atoms with Crippen molar-refractivity contribution in [3.63, 3.8) is 0 Å². The monoisotopic (exact) mass is 582 g/mol. The number of ketones is 1. The Hall–Kier alpha value is -4.13. The Labute approximate surface area is 254 Å². The highest BCUT2D eigenvalue weighted by Gasteiger charge is 2.33. The summed E-state index contributed by atoms with van der Waals surface area (Å²) < 4.78 is 11.2. The lowest BCUT2D eigenvalue weighted by Gasteiger charge is -2.38. The Bertz CT molecular complexity index is 1360. The molecule has 43 heavy (non-hydrogen) atoms. The number of para-hydroxylation sites is 1. The maximum absolute atomic E-state index is 13.2. The third kappa shape index (κ3) is 7.83. The Morgan fingerprint density at radius 3 is 2.21 bits per heavy atom. The molecule has 1 amide bonds. The van der Waals surface area contributed by atoms with Gasteiger partial charge in [-0.25, -0.2) is 4.79 Å². The highest BCUT2D eigenvalue weighted by molar-refractivity contribution is 6.12. The van der Waals surface area contributed by atoms with Gasteiger partial charge in [-0.05, 0) is 55.5 Å². The largest absolute Gasteiger partial charge is 0.492 e. The summed E-state index contributed by atoms with van der Waals surface area (Å²) in [6, 6.07) is 23.6. The van der Waals surface area contributed by atoms with Crippen LogP contribution in [0.2, 0.25) is 0 Å². The van der Waals surface area contributed by atoms with Gasteiger partial charge in [-0.3, -0.25) is 9.59 Å². The highest BCUT2D eigenvalue weighted by Crippen LogP contribution is 2.31. The van der Waals surface area contributed by atoms with Crippen LogP contribution < -0.4 is 10.1 Å². The van der Waals surface area contributed by atoms with Crippen molar-refractivity contribution in [3.05, 3.63) is 95.6 Å². The summed E-state index contributed by atoms with van der Waals surface area (Å²) in [4.78, 5) is 41.2. The van der Waals surface area contributed by atoms with Crippen LogP contribution in [0.3, 0.4) is 0 Å². The molecule has 2 saturated carbocycles. The molecule has 0 unspecified atom stereocenters. The topological polar surface area (TPSA) is 84.9 Å². The number of rotatable bonds is 13. The fraction of sp³-hybridized carbons (Fsp3) is 0.417. The SMILES string of the molecule is COC(=O)[C@H](Cc1ccc(OCCN(C(=O)C2CCC2)C2CCCCC2)cc1)Nc1ccccc1C(=O)c1ccccc1. The number of carbonyl (C=O) groups excluding carboxylic acids is 3. The van der Waals surface area contributed by atoms with E-state index < -0.39 is 12.0 Å². The minimum Gasteiger partial charge on any atom is -0.492 e. The number of hydrogen-bond acceptors (Lipinski definition) is 6. The summed E-state index contributed by atoms with van der Waals surface area (Å²) in [5, 5.41) is 3.26. The number of nitrogens with one attached hydrogen (secondary N) is 1. The molecule has 2 fully saturated rings. The van der Waals surface area contributed by atoms with Crippen LogP contribution in [0, 0.1) is 5.92 Å². The lowest BCUT2D eigenvalue weighted by atomic mass is 9.83. The molecule has 1 atom stereocenters. The molecule has 7 nitrogen and oxygen atoms in total. The second kappa shape index (κ2) is 14.9. The number of hydrogen-bond donors (Lipinski definition) is 1. The van der Waals surface area contributed by atoms with Crippen LogP contribution in [-0.4, -0.2) is 54.9 Å². The molecule has 0 aliphatic heterocycles. The van der Waals surface area contributed by atoms with E-state index in [0.717, 1.165) is 43.4 Å². The molecule has 5 rings (SSSR count). The molecule has 0 spiro atoms. The van der Waals surface area contributed by atoms with Crippen molar-refractivity contribution in [1.82, 2.24) is 4.90 Å². The van der Waals surface area contributed by atoms with Gasteiger partial charge in [0.1, 0.15) is 18.4 Å². The number of benzene rings is 3. The molecule has 2 aliphatic carbocycles. The molecule has 3 aromatic rings. The molecular weight excluding hydrogens is 540 g/mol. The normalized spacial score (nSPS) is 16.0. The van der Waals surface area contributed by atoms with Gasteiger partial charge < -0.3 is 19.7 Å². The molecule has 0 radical (unpaired) electrons. The van der Waals surface area contributed by atoms with Gasteiger partial charge in [-0.1, -0.05) is 80.3 Å². The number of nitrogens with zero attached hydrogens (tertiary/aromatic N) is 1. The second-order valence-electron chi connectivity index (χ2n) is 11.6. The predicted octanol–water partition coefficient (Wildman–Crippen LogP) is 6.45. The van der Waals surface area contributed by atoms with Crippen molar-refractivity contribution >= 4 is 23.3 Å². The average molecular weight is 583 g/mol. The molecule has 226 valence electrons. The van der Waals surface area contributed by atoms with E-state index in [1.807, 2.05) is 54.6 Å². The maximum Gasteiger partial charge on any atom is 0.328 e. The first-order chi connectivity index (χ1) is 21.0. The van der Waals surface area contributed by atoms with Crippen molar-refractivity contribution in [1.29, 1.82) is 0 Å². The molecule has 2 aliphatic rings. The van der Waals surface area contributed by atoms with E-state index in [4.69, 9.17) is 9.47 Å². The number of amides is 1. The Morgan fingerprint density at radius 1 is 0.837 bits per heavy atom. The average Bonchev–Trinajstić information content (AvgIpc) is 3.03. The smallest absolute Gasteiger partial charge is 0.328 e. The van der Waals surface area contributed by atoms with Crippen LogP contribution in [0.5, 0.6) is 5.75 Å². The minimum absolute atomic E-state index is 0.120. The van der Waals surface area contributed by atoms with Gasteiger partial charge in [0, 0.05) is 35.2 Å². The van der Waals surface area contributed by atoms with Gasteiger partial charge in [0.05, 0.1) is 13.7 Å². The van der Waals surface area contributed by atoms with E-state index in [1.54, 1.807) is 24.3 Å². The summed E-state index contributed by atoms with van der Waals surface area (Å²) in [5.74, 6) is 0.697. The second-order valence-corrected chi connectivity index (χ2v) is 11.6. The zero-order valence-corrected chi connectivity index (χ0v) is 25.0. The first kappa shape index (κ1) is 30.3. The van der Waals surface area contributed by atoms with E-state index in [2.05, 4.69) is 10.2 Å². The maximum atomic E-state index is 13.2. The third-order valence-corrected chi connectivity index (χ3v) is 8.74. The number of ether oxygens (including phenoxy) is 2. The van der Waals surface area contributed by atoms with Gasteiger partial charge in [0.25, 0.3) is 0 Å². The zero-order chi connectivity index (χ0) is 30.0. The van der Waals surface area contributed by atoms with E-state index >= 15 is 0 Å². The molecule has 3 aromatic carbocycles. The minimum atomic E-state index is -0.692. The third-order valence-electron chi connectivity index (χ3n) is 8.74. The molecular formula is C36H42N2O5. The molecule has 0 aromatic heterocycles. The van der Waals surface area contributed by atoms with Crippen LogP contribution in [0.4, 0.5) is 5.69 Å². The summed E-state index contributed by atoms with van der Waals surface area (Å²) in [5.41, 5.74) is 2.57. The van der Waals surface area contributed by atoms with E-state index in [-0.39, 0.29) is 11.7 Å². The van der Waals surface area contributed by atoms with Crippen LogP contribution >= 0.6 is 0 Å². The summed E-state index contributed by atoms with van der Waals surface area (Å²) in [6.07, 6.45) is 9.38. The molecule has 0 saturated heterocycles. The summed E-state index contributed by atoms with van der Waals surface area (Å²) in [6.45, 7) is 1.06. The van der Waals surface area contributed by atoms with Crippen molar-refractivity contribution in [2.24, 2.45) is 5.92 Å². The van der Waals surface area contributed by atoms with E-state index in [9.17, 15) is 14.4 Å². The number of methoxy groups -OCH3 is 1. The first-order valence-corrected chi connectivity index (χ1v) is 15.6. The van der Waals surface area contributed by atoms with Gasteiger partial charge in [0.15, 0.2) is 5.78 Å². The van der Waals surface area contributed by atoms with Crippen molar-refractivity contribution < 1.29 is 23.9 Å². The molecule has 1 N–H and O–H groups in total. The molecule has 7 heteroatoms. The fourth-order valence-electron chi connectivity index (χ4n) is 6.05. The standard InChI is InChI=1S/C36H42N2O5/c1-42-36(41)33(37-32-18-9-8-17-31(32)34(39)27-11-4-2-5-12-27)25-26-19-21-30(22-20-26)43-24-23-38(29-15-6-3-7-16-29)35(40)28-13-10-14-28/h2,4-5,8-9,11-12,17-22,28-29,33,37H,3,6-7,10,13-16,23-25H2,1H3/t33-/m0/s1. The number of anilines is 1. The van der Waals surface area contributed by atoms with Gasteiger partial charge in [-0.2, -0.15) is 0 Å². The summed E-state index contributed by atoms with van der Waals surface area (Å²) >= 11 is 0. The Morgan fingerprint density at radius 2 is 1.53 bits per heavy atom. The highest BCUT2D eigenvalue weighted by atomic mass is 16.5. The van der Waals surface area contributed by atoms with Gasteiger partial charge in [0.2, 0.25) is 5.91 Å². The fourth-order valence-corrected chi connectivity index (χ4v) is 6.05. The molecule has 0 bridgehead atoms.